The summed E-state index contributed by atoms with van der Waals surface area (Å²) >= 11 is 0. The van der Waals surface area contributed by atoms with Crippen molar-refractivity contribution in [2.24, 2.45) is 0 Å². The van der Waals surface area contributed by atoms with E-state index in [0.29, 0.717) is 12.4 Å². The third-order valence-electron chi connectivity index (χ3n) is 2.29. The second-order valence-corrected chi connectivity index (χ2v) is 6.10. The molecule has 22 heavy (non-hydrogen) atoms. The molecule has 0 bridgehead atoms. The fourth-order valence-electron chi connectivity index (χ4n) is 1.39. The lowest BCUT2D eigenvalue weighted by atomic mass is 10.3. The summed E-state index contributed by atoms with van der Waals surface area (Å²) in [6.07, 6.45) is 0.959. The maximum atomic E-state index is 10.4. The van der Waals surface area contributed by atoms with Gasteiger partial charge < -0.3 is 9.22 Å². The third kappa shape index (κ3) is 13.5. The van der Waals surface area contributed by atoms with Gasteiger partial charge in [0.05, 0.1) is 39.2 Å². The van der Waals surface area contributed by atoms with Gasteiger partial charge in [0.2, 0.25) is 0 Å². The largest absolute Gasteiger partial charge is 0.493 e. The van der Waals surface area contributed by atoms with E-state index in [9.17, 15) is 10.1 Å². The monoisotopic (exact) mass is 338 g/mol. The van der Waals surface area contributed by atoms with Crippen LogP contribution in [-0.2, 0) is 0 Å². The first-order valence-electron chi connectivity index (χ1n) is 6.18. The number of quaternary nitrogens is 1. The summed E-state index contributed by atoms with van der Waals surface area (Å²) in [7, 11) is 1.45. The van der Waals surface area contributed by atoms with Crippen molar-refractivity contribution >= 4 is 5.69 Å². The zero-order valence-corrected chi connectivity index (χ0v) is 13.3. The first kappa shape index (κ1) is 20.5. The third-order valence-corrected chi connectivity index (χ3v) is 2.29. The maximum Gasteiger partial charge on any atom is 0.269 e. The predicted octanol–water partition coefficient (Wildman–Crippen LogP) is -2.69. The minimum atomic E-state index is -4.94. The molecule has 1 aromatic carbocycles. The number of hydrogen-bond acceptors (Lipinski definition) is 7. The second-order valence-electron chi connectivity index (χ2n) is 5.34. The average Bonchev–Trinajstić information content (AvgIpc) is 2.32. The zero-order valence-electron chi connectivity index (χ0n) is 12.6. The molecular formula is C12H19ClN2O7. The number of rotatable bonds is 6. The van der Waals surface area contributed by atoms with E-state index in [1.807, 2.05) is 0 Å². The molecule has 0 radical (unpaired) electrons. The van der Waals surface area contributed by atoms with Gasteiger partial charge in [-0.2, -0.15) is 0 Å². The molecule has 0 aromatic heterocycles. The van der Waals surface area contributed by atoms with Gasteiger partial charge in [0.1, 0.15) is 5.75 Å². The highest BCUT2D eigenvalue weighted by atomic mass is 35.7. The first-order chi connectivity index (χ1) is 9.88. The summed E-state index contributed by atoms with van der Waals surface area (Å²) in [6, 6.07) is 6.17. The van der Waals surface area contributed by atoms with Crippen molar-refractivity contribution in [3.8, 4) is 5.75 Å². The van der Waals surface area contributed by atoms with E-state index in [2.05, 4.69) is 21.1 Å². The minimum Gasteiger partial charge on any atom is -0.493 e. The van der Waals surface area contributed by atoms with Gasteiger partial charge in [-0.05, 0) is 12.1 Å². The molecular weight excluding hydrogens is 320 g/mol. The fraction of sp³-hybridized carbons (Fsp3) is 0.500. The van der Waals surface area contributed by atoms with E-state index < -0.39 is 15.2 Å². The molecule has 0 heterocycles. The van der Waals surface area contributed by atoms with Crippen LogP contribution in [0.5, 0.6) is 5.75 Å². The molecule has 1 aromatic rings. The Labute approximate surface area is 130 Å². The topological polar surface area (TPSA) is 145 Å². The molecule has 0 fully saturated rings. The zero-order chi connectivity index (χ0) is 17.4. The molecule has 0 unspecified atom stereocenters. The Hall–Kier alpha value is -1.49. The van der Waals surface area contributed by atoms with E-state index in [0.717, 1.165) is 17.4 Å². The predicted molar refractivity (Wildman–Crippen MR) is 66.1 cm³/mol. The summed E-state index contributed by atoms with van der Waals surface area (Å²) in [5, 5.41) is 10.4. The lowest BCUT2D eigenvalue weighted by Gasteiger charge is -2.23. The molecule has 0 amide bonds. The van der Waals surface area contributed by atoms with Crippen LogP contribution >= 0.6 is 0 Å². The standard InChI is InChI=1S/C12H19N2O3.ClHO4/c1-14(2,3)9-4-10-17-12-7-5-11(6-8-12)13(15)16;2-1(3,4)5/h5-8H,4,9-10H2,1-3H3;(H,2,3,4,5)/q+1;/p-1. The number of ether oxygens (including phenoxy) is 1. The van der Waals surface area contributed by atoms with Crippen LogP contribution in [0.25, 0.3) is 0 Å². The van der Waals surface area contributed by atoms with E-state index in [4.69, 9.17) is 23.4 Å². The summed E-state index contributed by atoms with van der Waals surface area (Å²) in [5.41, 5.74) is 0.0868. The molecule has 0 saturated carbocycles. The van der Waals surface area contributed by atoms with E-state index in [1.165, 1.54) is 12.1 Å². The molecule has 126 valence electrons. The van der Waals surface area contributed by atoms with Crippen molar-refractivity contribution in [2.75, 3.05) is 34.3 Å². The number of halogens is 1. The lowest BCUT2D eigenvalue weighted by molar-refractivity contribution is -2.00. The Morgan fingerprint density at radius 2 is 1.55 bits per heavy atom. The van der Waals surface area contributed by atoms with Crippen LogP contribution in [0, 0.1) is 20.4 Å². The molecule has 1 rings (SSSR count). The molecule has 0 aliphatic carbocycles. The van der Waals surface area contributed by atoms with Gasteiger partial charge in [0.25, 0.3) is 5.69 Å². The van der Waals surface area contributed by atoms with Gasteiger partial charge in [0, 0.05) is 18.6 Å². The van der Waals surface area contributed by atoms with Crippen molar-refractivity contribution in [3.63, 3.8) is 0 Å². The van der Waals surface area contributed by atoms with Crippen LogP contribution in [0.15, 0.2) is 24.3 Å². The summed E-state index contributed by atoms with van der Waals surface area (Å²) in [4.78, 5) is 10.0. The Morgan fingerprint density at radius 1 is 1.09 bits per heavy atom. The van der Waals surface area contributed by atoms with Crippen LogP contribution in [0.2, 0.25) is 0 Å². The Kier molecular flexibility index (Phi) is 8.23. The van der Waals surface area contributed by atoms with E-state index in [-0.39, 0.29) is 5.69 Å². The van der Waals surface area contributed by atoms with Crippen LogP contribution in [-0.4, -0.2) is 43.7 Å². The number of non-ortho nitro benzene ring substituents is 1. The quantitative estimate of drug-likeness (QED) is 0.238. The highest BCUT2D eigenvalue weighted by molar-refractivity contribution is 5.35. The first-order valence-corrected chi connectivity index (χ1v) is 7.41. The van der Waals surface area contributed by atoms with Crippen LogP contribution in [0.3, 0.4) is 0 Å². The number of hydrogen-bond donors (Lipinski definition) is 0. The highest BCUT2D eigenvalue weighted by Crippen LogP contribution is 2.17. The van der Waals surface area contributed by atoms with Crippen molar-refractivity contribution in [2.45, 2.75) is 6.42 Å². The number of benzene rings is 1. The molecule has 0 aliphatic heterocycles. The summed E-state index contributed by atoms with van der Waals surface area (Å²) in [5.74, 6) is 0.678. The minimum absolute atomic E-state index is 0.0868. The Bertz CT molecular complexity index is 448. The van der Waals surface area contributed by atoms with Gasteiger partial charge in [-0.1, -0.05) is 0 Å². The summed E-state index contributed by atoms with van der Waals surface area (Å²) < 4.78 is 40.4. The van der Waals surface area contributed by atoms with Crippen LogP contribution in [0.4, 0.5) is 5.69 Å². The fourth-order valence-corrected chi connectivity index (χ4v) is 1.39. The molecule has 0 spiro atoms. The molecule has 9 nitrogen and oxygen atoms in total. The second kappa shape index (κ2) is 8.83. The Balaban J connectivity index is 0.000000763. The van der Waals surface area contributed by atoms with Crippen LogP contribution < -0.4 is 23.4 Å². The van der Waals surface area contributed by atoms with E-state index >= 15 is 0 Å². The molecule has 10 heteroatoms. The lowest BCUT2D eigenvalue weighted by Crippen LogP contribution is -2.68. The van der Waals surface area contributed by atoms with Crippen molar-refractivity contribution in [1.29, 1.82) is 0 Å². The van der Waals surface area contributed by atoms with Crippen LogP contribution in [0.1, 0.15) is 6.42 Å². The highest BCUT2D eigenvalue weighted by Gasteiger charge is 2.07. The smallest absolute Gasteiger partial charge is 0.269 e. The van der Waals surface area contributed by atoms with Gasteiger partial charge >= 0.3 is 0 Å². The van der Waals surface area contributed by atoms with Gasteiger partial charge in [0.15, 0.2) is 0 Å². The summed E-state index contributed by atoms with van der Waals surface area (Å²) in [6.45, 7) is 1.67. The number of nitro benzene ring substituents is 1. The SMILES string of the molecule is C[N+](C)(C)CCCOc1ccc([N+](=O)[O-])cc1.[O-][Cl+3]([O-])([O-])[O-]. The van der Waals surface area contributed by atoms with E-state index in [1.54, 1.807) is 12.1 Å². The maximum absolute atomic E-state index is 10.4. The molecule has 0 atom stereocenters. The van der Waals surface area contributed by atoms with Gasteiger partial charge in [-0.3, -0.25) is 10.1 Å². The normalized spacial score (nSPS) is 11.4. The molecule has 0 saturated heterocycles. The van der Waals surface area contributed by atoms with Gasteiger partial charge in [-0.15, -0.1) is 10.2 Å². The Morgan fingerprint density at radius 3 is 1.91 bits per heavy atom. The molecule has 0 aliphatic rings. The number of nitro groups is 1. The van der Waals surface area contributed by atoms with Crippen molar-refractivity contribution in [1.82, 2.24) is 0 Å². The van der Waals surface area contributed by atoms with Crippen molar-refractivity contribution < 1.29 is 43.0 Å². The molecule has 0 N–H and O–H groups in total. The van der Waals surface area contributed by atoms with Crippen molar-refractivity contribution in [3.05, 3.63) is 34.4 Å². The van der Waals surface area contributed by atoms with Gasteiger partial charge in [-0.25, -0.2) is 18.6 Å². The number of nitrogens with zero attached hydrogens (tertiary/aromatic N) is 2. The average molecular weight is 339 g/mol.